The normalized spacial score (nSPS) is 15.7. The fourth-order valence-corrected chi connectivity index (χ4v) is 6.13. The fraction of sp³-hybridized carbons (Fsp3) is 0.357. The maximum atomic E-state index is 16.1. The molecule has 1 aromatic heterocycles. The largest absolute Gasteiger partial charge is 0.497 e. The van der Waals surface area contributed by atoms with E-state index < -0.39 is 5.82 Å². The Morgan fingerprint density at radius 1 is 1.24 bits per heavy atom. The summed E-state index contributed by atoms with van der Waals surface area (Å²) in [6, 6.07) is 5.69. The zero-order valence-electron chi connectivity index (χ0n) is 21.3. The van der Waals surface area contributed by atoms with Crippen LogP contribution in [-0.4, -0.2) is 74.0 Å². The summed E-state index contributed by atoms with van der Waals surface area (Å²) in [5.41, 5.74) is 3.49. The molecule has 1 amide bonds. The van der Waals surface area contributed by atoms with Gasteiger partial charge in [-0.15, -0.1) is 0 Å². The summed E-state index contributed by atoms with van der Waals surface area (Å²) in [6.45, 7) is 3.23. The molecule has 5 rings (SSSR count). The molecule has 6 nitrogen and oxygen atoms in total. The van der Waals surface area contributed by atoms with Crippen LogP contribution in [0.3, 0.4) is 0 Å². The van der Waals surface area contributed by atoms with Crippen LogP contribution in [0.25, 0.3) is 28.1 Å². The van der Waals surface area contributed by atoms with E-state index in [0.717, 1.165) is 41.1 Å². The van der Waals surface area contributed by atoms with Crippen molar-refractivity contribution < 1.29 is 13.9 Å². The third-order valence-corrected chi connectivity index (χ3v) is 8.09. The summed E-state index contributed by atoms with van der Waals surface area (Å²) in [4.78, 5) is 18.5. The Balaban J connectivity index is 1.43. The number of methoxy groups -OCH3 is 1. The highest BCUT2D eigenvalue weighted by Crippen LogP contribution is 2.44. The Morgan fingerprint density at radius 3 is 2.76 bits per heavy atom. The second-order valence-electron chi connectivity index (χ2n) is 9.60. The van der Waals surface area contributed by atoms with Crippen LogP contribution in [0.5, 0.6) is 5.75 Å². The van der Waals surface area contributed by atoms with Gasteiger partial charge in [-0.3, -0.25) is 4.79 Å². The summed E-state index contributed by atoms with van der Waals surface area (Å²) in [5.74, 6) is 0.284. The van der Waals surface area contributed by atoms with Crippen molar-refractivity contribution >= 4 is 51.0 Å². The molecular weight excluding hydrogens is 511 g/mol. The van der Waals surface area contributed by atoms with E-state index in [9.17, 15) is 4.79 Å². The number of allylic oxidation sites excluding steroid dienone is 1. The molecule has 3 aromatic rings. The zero-order chi connectivity index (χ0) is 26.1. The number of rotatable bonds is 6. The number of likely N-dealkylation sites (N-methyl/N-ethyl adjacent to an activating group) is 1. The van der Waals surface area contributed by atoms with E-state index in [1.807, 2.05) is 54.2 Å². The lowest BCUT2D eigenvalue weighted by atomic mass is 9.89. The SMILES string of the molecule is COc1cc2c(c(-c3c(Cl)cc4c(N5CCN(C(=O)/C=C/CN(C)C)CC5)snc4c3F)c1)C=CCC2. The number of carbonyl (C=O) groups is 1. The lowest BCUT2D eigenvalue weighted by molar-refractivity contribution is -0.126. The molecule has 2 heterocycles. The van der Waals surface area contributed by atoms with Crippen molar-refractivity contribution in [3.05, 3.63) is 58.4 Å². The summed E-state index contributed by atoms with van der Waals surface area (Å²) >= 11 is 8.05. The Bertz CT molecular complexity index is 1390. The van der Waals surface area contributed by atoms with Crippen molar-refractivity contribution in [2.24, 2.45) is 0 Å². The highest BCUT2D eigenvalue weighted by molar-refractivity contribution is 7.11. The topological polar surface area (TPSA) is 48.9 Å². The first-order valence-corrected chi connectivity index (χ1v) is 13.5. The predicted octanol–water partition coefficient (Wildman–Crippen LogP) is 5.49. The number of carbonyl (C=O) groups excluding carboxylic acids is 1. The molecule has 1 saturated heterocycles. The van der Waals surface area contributed by atoms with Gasteiger partial charge in [0.1, 0.15) is 16.3 Å². The highest BCUT2D eigenvalue weighted by Gasteiger charge is 2.27. The molecule has 0 spiro atoms. The number of piperazine rings is 1. The second kappa shape index (κ2) is 10.8. The molecule has 0 N–H and O–H groups in total. The Hall–Kier alpha value is -2.94. The van der Waals surface area contributed by atoms with E-state index in [1.165, 1.54) is 11.5 Å². The number of nitrogens with zero attached hydrogens (tertiary/aromatic N) is 4. The van der Waals surface area contributed by atoms with E-state index in [2.05, 4.69) is 15.3 Å². The van der Waals surface area contributed by atoms with Crippen LogP contribution < -0.4 is 9.64 Å². The number of aryl methyl sites for hydroxylation is 1. The average Bonchev–Trinajstić information content (AvgIpc) is 3.32. The van der Waals surface area contributed by atoms with Gasteiger partial charge in [-0.05, 0) is 73.4 Å². The summed E-state index contributed by atoms with van der Waals surface area (Å²) < 4.78 is 26.1. The van der Waals surface area contributed by atoms with Crippen molar-refractivity contribution in [3.63, 3.8) is 0 Å². The number of halogens is 2. The molecule has 2 aromatic carbocycles. The van der Waals surface area contributed by atoms with Crippen LogP contribution in [0.15, 0.2) is 36.4 Å². The molecule has 1 aliphatic heterocycles. The van der Waals surface area contributed by atoms with Crippen molar-refractivity contribution in [2.75, 3.05) is 58.8 Å². The summed E-state index contributed by atoms with van der Waals surface area (Å²) in [6.07, 6.45) is 9.47. The van der Waals surface area contributed by atoms with Crippen molar-refractivity contribution in [3.8, 4) is 16.9 Å². The summed E-state index contributed by atoms with van der Waals surface area (Å²) in [5, 5.41) is 1.93. The van der Waals surface area contributed by atoms with E-state index in [4.69, 9.17) is 16.3 Å². The molecule has 1 fully saturated rings. The molecule has 1 aliphatic carbocycles. The van der Waals surface area contributed by atoms with Gasteiger partial charge in [-0.2, -0.15) is 4.37 Å². The third kappa shape index (κ3) is 5.10. The predicted molar refractivity (Wildman–Crippen MR) is 150 cm³/mol. The molecule has 0 atom stereocenters. The minimum atomic E-state index is -0.417. The minimum absolute atomic E-state index is 0.0186. The number of hydrogen-bond acceptors (Lipinski definition) is 6. The lowest BCUT2D eigenvalue weighted by Gasteiger charge is -2.34. The molecule has 194 valence electrons. The maximum absolute atomic E-state index is 16.1. The first kappa shape index (κ1) is 25.7. The van der Waals surface area contributed by atoms with Crippen LogP contribution >= 0.6 is 23.1 Å². The van der Waals surface area contributed by atoms with E-state index in [-0.39, 0.29) is 5.91 Å². The third-order valence-electron chi connectivity index (χ3n) is 6.86. The standard InChI is InChI=1S/C28H30ClFN4O2S/c1-32(2)10-6-9-24(35)33-11-13-34(14-12-33)28-22-17-23(29)25(26(30)27(22)31-37-28)21-16-19(36-3)15-18-7-4-5-8-20(18)21/h5-6,8-9,15-17H,4,7,10-14H2,1-3H3/b9-6+. The number of benzene rings is 2. The van der Waals surface area contributed by atoms with Crippen LogP contribution in [0, 0.1) is 5.82 Å². The number of hydrogen-bond donors (Lipinski definition) is 0. The highest BCUT2D eigenvalue weighted by atomic mass is 35.5. The van der Waals surface area contributed by atoms with E-state index in [1.54, 1.807) is 13.2 Å². The monoisotopic (exact) mass is 540 g/mol. The molecule has 0 saturated carbocycles. The van der Waals surface area contributed by atoms with E-state index >= 15 is 4.39 Å². The molecule has 2 aliphatic rings. The number of amides is 1. The van der Waals surface area contributed by atoms with Gasteiger partial charge < -0.3 is 19.4 Å². The quantitative estimate of drug-likeness (QED) is 0.387. The van der Waals surface area contributed by atoms with Gasteiger partial charge >= 0.3 is 0 Å². The Labute approximate surface area is 225 Å². The molecular formula is C28H30ClFN4O2S. The smallest absolute Gasteiger partial charge is 0.246 e. The number of aromatic nitrogens is 1. The van der Waals surface area contributed by atoms with Gasteiger partial charge in [0.25, 0.3) is 0 Å². The van der Waals surface area contributed by atoms with Crippen LogP contribution in [0.4, 0.5) is 9.39 Å². The van der Waals surface area contributed by atoms with Crippen molar-refractivity contribution in [1.29, 1.82) is 0 Å². The van der Waals surface area contributed by atoms with Crippen molar-refractivity contribution in [1.82, 2.24) is 14.2 Å². The average molecular weight is 541 g/mol. The maximum Gasteiger partial charge on any atom is 0.246 e. The number of fused-ring (bicyclic) bond motifs is 2. The van der Waals surface area contributed by atoms with Gasteiger partial charge in [-0.25, -0.2) is 4.39 Å². The fourth-order valence-electron chi connectivity index (χ4n) is 4.93. The first-order valence-electron chi connectivity index (χ1n) is 12.4. The van der Waals surface area contributed by atoms with Gasteiger partial charge in [0, 0.05) is 49.7 Å². The van der Waals surface area contributed by atoms with Crippen LogP contribution in [0.2, 0.25) is 5.02 Å². The second-order valence-corrected chi connectivity index (χ2v) is 10.8. The zero-order valence-corrected chi connectivity index (χ0v) is 22.8. The molecule has 0 radical (unpaired) electrons. The van der Waals surface area contributed by atoms with Gasteiger partial charge in [0.2, 0.25) is 5.91 Å². The van der Waals surface area contributed by atoms with Crippen LogP contribution in [0.1, 0.15) is 17.5 Å². The Kier molecular flexibility index (Phi) is 7.51. The van der Waals surface area contributed by atoms with Crippen molar-refractivity contribution in [2.45, 2.75) is 12.8 Å². The molecule has 9 heteroatoms. The molecule has 0 unspecified atom stereocenters. The molecule has 0 bridgehead atoms. The summed E-state index contributed by atoms with van der Waals surface area (Å²) in [7, 11) is 5.55. The van der Waals surface area contributed by atoms with Gasteiger partial charge in [0.15, 0.2) is 5.82 Å². The first-order chi connectivity index (χ1) is 17.9. The molecule has 37 heavy (non-hydrogen) atoms. The Morgan fingerprint density at radius 2 is 2.03 bits per heavy atom. The number of anilines is 1. The lowest BCUT2D eigenvalue weighted by Crippen LogP contribution is -2.48. The van der Waals surface area contributed by atoms with Crippen LogP contribution in [-0.2, 0) is 11.2 Å². The van der Waals surface area contributed by atoms with Gasteiger partial charge in [-0.1, -0.05) is 29.8 Å². The minimum Gasteiger partial charge on any atom is -0.497 e. The van der Waals surface area contributed by atoms with Gasteiger partial charge in [0.05, 0.1) is 12.1 Å². The number of ether oxygens (including phenoxy) is 1. The van der Waals surface area contributed by atoms with E-state index in [0.29, 0.717) is 53.4 Å².